The highest BCUT2D eigenvalue weighted by molar-refractivity contribution is 7.13. The molecule has 0 bridgehead atoms. The number of thiophene rings is 1. The Morgan fingerprint density at radius 2 is 2.08 bits per heavy atom. The summed E-state index contributed by atoms with van der Waals surface area (Å²) in [6.07, 6.45) is 0.316. The molecule has 0 aliphatic carbocycles. The van der Waals surface area contributed by atoms with Crippen molar-refractivity contribution < 1.29 is 9.32 Å². The van der Waals surface area contributed by atoms with Crippen LogP contribution in [0, 0.1) is 0 Å². The fourth-order valence-electron chi connectivity index (χ4n) is 2.25. The topological polar surface area (TPSA) is 59.2 Å². The van der Waals surface area contributed by atoms with Gasteiger partial charge in [0.25, 0.3) is 0 Å². The van der Waals surface area contributed by atoms with Gasteiger partial charge in [-0.25, -0.2) is 0 Å². The number of benzene rings is 1. The first-order valence-electron chi connectivity index (χ1n) is 7.54. The molecule has 0 fully saturated rings. The monoisotopic (exact) mass is 361 g/mol. The number of carbonyl (C=O) groups excluding carboxylic acids is 1. The Morgan fingerprint density at radius 1 is 1.29 bits per heavy atom. The number of carbonyl (C=O) groups is 1. The normalized spacial score (nSPS) is 10.8. The van der Waals surface area contributed by atoms with Crippen molar-refractivity contribution in [2.75, 3.05) is 6.54 Å². The molecular formula is C17H16ClN3O2S. The van der Waals surface area contributed by atoms with Crippen molar-refractivity contribution in [1.29, 1.82) is 0 Å². The maximum Gasteiger partial charge on any atom is 0.246 e. The van der Waals surface area contributed by atoms with Crippen LogP contribution in [0.1, 0.15) is 18.4 Å². The largest absolute Gasteiger partial charge is 0.337 e. The predicted molar refractivity (Wildman–Crippen MR) is 93.9 cm³/mol. The lowest BCUT2D eigenvalue weighted by Gasteiger charge is -2.18. The molecule has 0 unspecified atom stereocenters. The van der Waals surface area contributed by atoms with E-state index < -0.39 is 0 Å². The van der Waals surface area contributed by atoms with Crippen LogP contribution < -0.4 is 0 Å². The SMILES string of the molecule is CCN(Cc1nc(-c2cccs2)no1)C(=O)Cc1ccc(Cl)cc1. The molecule has 0 spiro atoms. The van der Waals surface area contributed by atoms with Crippen molar-refractivity contribution in [3.05, 3.63) is 58.3 Å². The summed E-state index contributed by atoms with van der Waals surface area (Å²) in [5, 5.41) is 6.59. The highest BCUT2D eigenvalue weighted by Crippen LogP contribution is 2.21. The summed E-state index contributed by atoms with van der Waals surface area (Å²) in [6.45, 7) is 2.81. The Bertz CT molecular complexity index is 800. The van der Waals surface area contributed by atoms with E-state index in [1.54, 1.807) is 28.4 Å². The second-order valence-electron chi connectivity index (χ2n) is 5.20. The molecule has 3 rings (SSSR count). The van der Waals surface area contributed by atoms with E-state index >= 15 is 0 Å². The average Bonchev–Trinajstić information content (AvgIpc) is 3.25. The van der Waals surface area contributed by atoms with Crippen molar-refractivity contribution >= 4 is 28.8 Å². The molecule has 1 amide bonds. The van der Waals surface area contributed by atoms with E-state index in [-0.39, 0.29) is 5.91 Å². The van der Waals surface area contributed by atoms with Gasteiger partial charge in [0.2, 0.25) is 17.6 Å². The summed E-state index contributed by atoms with van der Waals surface area (Å²) in [6, 6.07) is 11.1. The van der Waals surface area contributed by atoms with Gasteiger partial charge in [-0.15, -0.1) is 11.3 Å². The van der Waals surface area contributed by atoms with Gasteiger partial charge in [-0.2, -0.15) is 4.98 Å². The lowest BCUT2D eigenvalue weighted by Crippen LogP contribution is -2.31. The second-order valence-corrected chi connectivity index (χ2v) is 6.58. The van der Waals surface area contributed by atoms with Crippen LogP contribution >= 0.6 is 22.9 Å². The predicted octanol–water partition coefficient (Wildman–Crippen LogP) is 4.04. The molecule has 0 radical (unpaired) electrons. The van der Waals surface area contributed by atoms with Crippen LogP contribution in [-0.4, -0.2) is 27.5 Å². The molecule has 0 atom stereocenters. The van der Waals surface area contributed by atoms with Crippen LogP contribution in [-0.2, 0) is 17.8 Å². The molecule has 2 heterocycles. The molecule has 0 N–H and O–H groups in total. The summed E-state index contributed by atoms with van der Waals surface area (Å²) in [5.74, 6) is 1.00. The highest BCUT2D eigenvalue weighted by atomic mass is 35.5. The van der Waals surface area contributed by atoms with Gasteiger partial charge in [0.15, 0.2) is 0 Å². The van der Waals surface area contributed by atoms with E-state index in [1.165, 1.54) is 0 Å². The number of aromatic nitrogens is 2. The Hall–Kier alpha value is -2.18. The van der Waals surface area contributed by atoms with Crippen LogP contribution in [0.2, 0.25) is 5.02 Å². The van der Waals surface area contributed by atoms with E-state index in [0.717, 1.165) is 10.4 Å². The zero-order valence-corrected chi connectivity index (χ0v) is 14.7. The van der Waals surface area contributed by atoms with Gasteiger partial charge in [-0.3, -0.25) is 4.79 Å². The number of nitrogens with zero attached hydrogens (tertiary/aromatic N) is 3. The number of hydrogen-bond acceptors (Lipinski definition) is 5. The molecule has 124 valence electrons. The average molecular weight is 362 g/mol. The van der Waals surface area contributed by atoms with Crippen molar-refractivity contribution in [3.63, 3.8) is 0 Å². The summed E-state index contributed by atoms with van der Waals surface area (Å²) < 4.78 is 5.27. The Kier molecular flexibility index (Phi) is 5.27. The van der Waals surface area contributed by atoms with E-state index in [2.05, 4.69) is 10.1 Å². The summed E-state index contributed by atoms with van der Waals surface area (Å²) in [4.78, 5) is 19.5. The zero-order valence-electron chi connectivity index (χ0n) is 13.1. The quantitative estimate of drug-likeness (QED) is 0.664. The Balaban J connectivity index is 1.65. The van der Waals surface area contributed by atoms with Gasteiger partial charge in [0, 0.05) is 11.6 Å². The minimum atomic E-state index is 0.00990. The van der Waals surface area contributed by atoms with E-state index in [9.17, 15) is 4.79 Å². The van der Waals surface area contributed by atoms with Gasteiger partial charge in [-0.05, 0) is 36.1 Å². The third kappa shape index (κ3) is 4.01. The fourth-order valence-corrected chi connectivity index (χ4v) is 3.03. The van der Waals surface area contributed by atoms with Crippen molar-refractivity contribution in [2.45, 2.75) is 19.9 Å². The van der Waals surface area contributed by atoms with Gasteiger partial charge in [-0.1, -0.05) is 35.0 Å². The number of halogens is 1. The van der Waals surface area contributed by atoms with Crippen molar-refractivity contribution in [2.24, 2.45) is 0 Å². The molecule has 1 aromatic carbocycles. The first-order chi connectivity index (χ1) is 11.7. The molecule has 5 nitrogen and oxygen atoms in total. The molecule has 24 heavy (non-hydrogen) atoms. The molecule has 0 saturated carbocycles. The number of rotatable bonds is 6. The first kappa shape index (κ1) is 16.7. The lowest BCUT2D eigenvalue weighted by atomic mass is 10.1. The minimum Gasteiger partial charge on any atom is -0.337 e. The minimum absolute atomic E-state index is 0.00990. The summed E-state index contributed by atoms with van der Waals surface area (Å²) >= 11 is 7.41. The highest BCUT2D eigenvalue weighted by Gasteiger charge is 2.17. The van der Waals surface area contributed by atoms with Crippen molar-refractivity contribution in [3.8, 4) is 10.7 Å². The number of hydrogen-bond donors (Lipinski definition) is 0. The van der Waals surface area contributed by atoms with Crippen molar-refractivity contribution in [1.82, 2.24) is 15.0 Å². The van der Waals surface area contributed by atoms with Crippen LogP contribution in [0.15, 0.2) is 46.3 Å². The summed E-state index contributed by atoms with van der Waals surface area (Å²) in [5.41, 5.74) is 0.924. The fraction of sp³-hybridized carbons (Fsp3) is 0.235. The van der Waals surface area contributed by atoms with Crippen LogP contribution in [0.25, 0.3) is 10.7 Å². The molecular weight excluding hydrogens is 346 g/mol. The lowest BCUT2D eigenvalue weighted by molar-refractivity contribution is -0.131. The van der Waals surface area contributed by atoms with E-state index in [1.807, 2.05) is 36.6 Å². The van der Waals surface area contributed by atoms with Crippen LogP contribution in [0.4, 0.5) is 0 Å². The van der Waals surface area contributed by atoms with Crippen LogP contribution in [0.5, 0.6) is 0 Å². The van der Waals surface area contributed by atoms with E-state index in [4.69, 9.17) is 16.1 Å². The van der Waals surface area contributed by atoms with E-state index in [0.29, 0.717) is 36.2 Å². The molecule has 0 saturated heterocycles. The van der Waals surface area contributed by atoms with Gasteiger partial charge in [0.1, 0.15) is 0 Å². The Morgan fingerprint density at radius 3 is 2.75 bits per heavy atom. The summed E-state index contributed by atoms with van der Waals surface area (Å²) in [7, 11) is 0. The first-order valence-corrected chi connectivity index (χ1v) is 8.80. The maximum absolute atomic E-state index is 12.5. The Labute approximate surface area is 148 Å². The van der Waals surface area contributed by atoms with Gasteiger partial charge in [0.05, 0.1) is 17.8 Å². The third-order valence-corrected chi connectivity index (χ3v) is 4.66. The molecule has 2 aromatic heterocycles. The number of amides is 1. The van der Waals surface area contributed by atoms with Gasteiger partial charge >= 0.3 is 0 Å². The molecule has 7 heteroatoms. The molecule has 3 aromatic rings. The van der Waals surface area contributed by atoms with Gasteiger partial charge < -0.3 is 9.42 Å². The third-order valence-electron chi connectivity index (χ3n) is 3.54. The maximum atomic E-state index is 12.5. The molecule has 0 aliphatic rings. The smallest absolute Gasteiger partial charge is 0.246 e. The van der Waals surface area contributed by atoms with Crippen LogP contribution in [0.3, 0.4) is 0 Å². The number of likely N-dealkylation sites (N-methyl/N-ethyl adjacent to an activating group) is 1. The molecule has 0 aliphatic heterocycles. The standard InChI is InChI=1S/C17H16ClN3O2S/c1-2-21(16(22)10-12-5-7-13(18)8-6-12)11-15-19-17(20-23-15)14-4-3-9-24-14/h3-9H,2,10-11H2,1H3. The second kappa shape index (κ2) is 7.59. The zero-order chi connectivity index (χ0) is 16.9.